The monoisotopic (exact) mass is 562 g/mol. The zero-order chi connectivity index (χ0) is 29.0. The van der Waals surface area contributed by atoms with Crippen LogP contribution >= 0.6 is 12.0 Å². The fourth-order valence-electron chi connectivity index (χ4n) is 4.26. The first kappa shape index (κ1) is 30.9. The van der Waals surface area contributed by atoms with E-state index in [0.29, 0.717) is 11.3 Å². The molecule has 3 aromatic rings. The molecule has 0 fully saturated rings. The van der Waals surface area contributed by atoms with Crippen molar-refractivity contribution in [2.24, 2.45) is 0 Å². The van der Waals surface area contributed by atoms with Gasteiger partial charge in [-0.1, -0.05) is 80.6 Å². The van der Waals surface area contributed by atoms with Crippen LogP contribution in [0.2, 0.25) is 0 Å². The second-order valence-electron chi connectivity index (χ2n) is 9.69. The van der Waals surface area contributed by atoms with Gasteiger partial charge >= 0.3 is 5.97 Å². The molecule has 0 radical (unpaired) electrons. The number of carbonyl (C=O) groups is 3. The first-order chi connectivity index (χ1) is 19.3. The van der Waals surface area contributed by atoms with Crippen molar-refractivity contribution in [3.05, 3.63) is 90.0 Å². The van der Waals surface area contributed by atoms with Crippen LogP contribution in [-0.2, 0) is 20.7 Å². The Balaban J connectivity index is 1.55. The molecule has 0 aliphatic heterocycles. The molecule has 40 heavy (non-hydrogen) atoms. The summed E-state index contributed by atoms with van der Waals surface area (Å²) in [6.07, 6.45) is 0.223. The second-order valence-corrected chi connectivity index (χ2v) is 10.4. The molecular formula is C32H38N2O5S. The molecule has 3 rings (SSSR count). The maximum atomic E-state index is 12.8. The van der Waals surface area contributed by atoms with Gasteiger partial charge in [-0.15, -0.1) is 0 Å². The summed E-state index contributed by atoms with van der Waals surface area (Å²) in [4.78, 5) is 40.5. The number of ether oxygens (including phenoxy) is 1. The largest absolute Gasteiger partial charge is 0.467 e. The minimum atomic E-state index is -1.29. The third-order valence-electron chi connectivity index (χ3n) is 6.71. The van der Waals surface area contributed by atoms with Gasteiger partial charge in [-0.3, -0.25) is 14.5 Å². The van der Waals surface area contributed by atoms with Gasteiger partial charge in [0.2, 0.25) is 5.91 Å². The Morgan fingerprint density at radius 1 is 0.850 bits per heavy atom. The first-order valence-corrected chi connectivity index (χ1v) is 14.4. The van der Waals surface area contributed by atoms with Crippen LogP contribution < -0.4 is 9.50 Å². The predicted molar refractivity (Wildman–Crippen MR) is 160 cm³/mol. The van der Waals surface area contributed by atoms with E-state index in [1.807, 2.05) is 66.7 Å². The van der Waals surface area contributed by atoms with Crippen LogP contribution in [0.1, 0.15) is 49.5 Å². The van der Waals surface area contributed by atoms with E-state index in [1.165, 1.54) is 19.2 Å². The molecule has 0 aromatic heterocycles. The molecule has 3 aromatic carbocycles. The highest BCUT2D eigenvalue weighted by Crippen LogP contribution is 2.23. The van der Waals surface area contributed by atoms with Gasteiger partial charge in [0.25, 0.3) is 0 Å². The van der Waals surface area contributed by atoms with Crippen LogP contribution in [0.4, 0.5) is 0 Å². The van der Waals surface area contributed by atoms with Crippen molar-refractivity contribution < 1.29 is 23.3 Å². The van der Waals surface area contributed by atoms with Crippen LogP contribution in [-0.4, -0.2) is 54.2 Å². The number of nitrogens with zero attached hydrogens (tertiary/aromatic N) is 1. The molecule has 0 saturated carbocycles. The summed E-state index contributed by atoms with van der Waals surface area (Å²) in [6, 6.07) is 24.7. The van der Waals surface area contributed by atoms with E-state index in [4.69, 9.17) is 8.92 Å². The lowest BCUT2D eigenvalue weighted by atomic mass is 9.92. The van der Waals surface area contributed by atoms with Crippen LogP contribution in [0.3, 0.4) is 0 Å². The third-order valence-corrected chi connectivity index (χ3v) is 7.49. The quantitative estimate of drug-likeness (QED) is 0.106. The van der Waals surface area contributed by atoms with Crippen LogP contribution in [0, 0.1) is 0 Å². The van der Waals surface area contributed by atoms with Crippen molar-refractivity contribution >= 4 is 29.7 Å². The Hall–Kier alpha value is -3.62. The number of ketones is 1. The minimum absolute atomic E-state index is 0.0327. The number of carbonyl (C=O) groups excluding carboxylic acids is 3. The van der Waals surface area contributed by atoms with E-state index in [1.54, 1.807) is 19.1 Å². The van der Waals surface area contributed by atoms with E-state index in [-0.39, 0.29) is 25.0 Å². The molecule has 0 aliphatic rings. The molecule has 0 aliphatic carbocycles. The number of rotatable bonds is 15. The van der Waals surface area contributed by atoms with Crippen LogP contribution in [0.25, 0.3) is 11.1 Å². The lowest BCUT2D eigenvalue weighted by Crippen LogP contribution is -2.54. The normalized spacial score (nSPS) is 12.4. The van der Waals surface area contributed by atoms with Gasteiger partial charge in [-0.25, -0.2) is 4.79 Å². The summed E-state index contributed by atoms with van der Waals surface area (Å²) in [5.74, 6) is 0.389. The SMILES string of the molecule is CCN(CC)CSOc1ccc(C[C@](C)(NC(=O)CCC(=O)c2ccc(-c3ccccc3)cc2)C(=O)OC)cc1. The van der Waals surface area contributed by atoms with E-state index in [9.17, 15) is 14.4 Å². The molecule has 0 unspecified atom stereocenters. The average molecular weight is 563 g/mol. The van der Waals surface area contributed by atoms with Gasteiger partial charge in [0.1, 0.15) is 11.3 Å². The number of hydrogen-bond acceptors (Lipinski definition) is 7. The van der Waals surface area contributed by atoms with E-state index in [2.05, 4.69) is 24.1 Å². The molecule has 0 spiro atoms. The minimum Gasteiger partial charge on any atom is -0.467 e. The molecule has 7 nitrogen and oxygen atoms in total. The molecule has 1 amide bonds. The summed E-state index contributed by atoms with van der Waals surface area (Å²) in [5, 5.41) is 2.80. The summed E-state index contributed by atoms with van der Waals surface area (Å²) in [5.41, 5.74) is 2.18. The molecule has 212 valence electrons. The topological polar surface area (TPSA) is 84.9 Å². The van der Waals surface area contributed by atoms with Crippen molar-refractivity contribution in [2.75, 3.05) is 26.1 Å². The maximum absolute atomic E-state index is 12.8. The van der Waals surface area contributed by atoms with Gasteiger partial charge < -0.3 is 14.2 Å². The number of esters is 1. The fourth-order valence-corrected chi connectivity index (χ4v) is 5.07. The van der Waals surface area contributed by atoms with Crippen molar-refractivity contribution in [3.8, 4) is 16.9 Å². The highest BCUT2D eigenvalue weighted by Gasteiger charge is 2.36. The number of nitrogens with one attached hydrogen (secondary N) is 1. The highest BCUT2D eigenvalue weighted by atomic mass is 32.2. The number of benzene rings is 3. The number of hydrogen-bond donors (Lipinski definition) is 1. The Labute approximate surface area is 241 Å². The smallest absolute Gasteiger partial charge is 0.331 e. The molecular weight excluding hydrogens is 524 g/mol. The fraction of sp³-hybridized carbons (Fsp3) is 0.344. The predicted octanol–water partition coefficient (Wildman–Crippen LogP) is 5.93. The van der Waals surface area contributed by atoms with Crippen molar-refractivity contribution in [1.82, 2.24) is 10.2 Å². The molecule has 0 bridgehead atoms. The first-order valence-electron chi connectivity index (χ1n) is 13.5. The Bertz CT molecular complexity index is 1240. The third kappa shape index (κ3) is 8.96. The molecule has 1 atom stereocenters. The average Bonchev–Trinajstić information content (AvgIpc) is 2.99. The lowest BCUT2D eigenvalue weighted by Gasteiger charge is -2.28. The highest BCUT2D eigenvalue weighted by molar-refractivity contribution is 7.94. The second kappa shape index (κ2) is 15.2. The summed E-state index contributed by atoms with van der Waals surface area (Å²) in [7, 11) is 1.29. The molecule has 0 saturated heterocycles. The summed E-state index contributed by atoms with van der Waals surface area (Å²) in [6.45, 7) is 7.77. The van der Waals surface area contributed by atoms with Gasteiger partial charge in [0.15, 0.2) is 5.78 Å². The zero-order valence-corrected chi connectivity index (χ0v) is 24.5. The number of methoxy groups -OCH3 is 1. The standard InChI is InChI=1S/C32H38N2O5S/c1-5-34(6-2)23-40-39-28-18-12-24(13-19-28)22-32(3,31(37)38-4)33-30(36)21-20-29(35)27-16-14-26(15-17-27)25-10-8-7-9-11-25/h7-19H,5-6,20-23H2,1-4H3,(H,33,36)/t32-/m0/s1. The van der Waals surface area contributed by atoms with E-state index >= 15 is 0 Å². The number of amides is 1. The van der Waals surface area contributed by atoms with E-state index < -0.39 is 17.4 Å². The summed E-state index contributed by atoms with van der Waals surface area (Å²) < 4.78 is 10.8. The molecule has 1 N–H and O–H groups in total. The lowest BCUT2D eigenvalue weighted by molar-refractivity contribution is -0.150. The molecule has 8 heteroatoms. The zero-order valence-electron chi connectivity index (χ0n) is 23.6. The van der Waals surface area contributed by atoms with Gasteiger partial charge in [0, 0.05) is 24.8 Å². The Morgan fingerprint density at radius 2 is 1.48 bits per heavy atom. The maximum Gasteiger partial charge on any atom is 0.331 e. The number of Topliss-reactive ketones (excluding diaryl/α,β-unsaturated/α-hetero) is 1. The van der Waals surface area contributed by atoms with Crippen LogP contribution in [0.15, 0.2) is 78.9 Å². The van der Waals surface area contributed by atoms with Gasteiger partial charge in [-0.2, -0.15) is 0 Å². The van der Waals surface area contributed by atoms with Crippen molar-refractivity contribution in [3.63, 3.8) is 0 Å². The Morgan fingerprint density at radius 3 is 2.08 bits per heavy atom. The Kier molecular flexibility index (Phi) is 11.8. The molecule has 0 heterocycles. The van der Waals surface area contributed by atoms with Crippen molar-refractivity contribution in [2.45, 2.75) is 45.6 Å². The van der Waals surface area contributed by atoms with Gasteiger partial charge in [0.05, 0.1) is 25.0 Å². The summed E-state index contributed by atoms with van der Waals surface area (Å²) >= 11 is 1.37. The van der Waals surface area contributed by atoms with E-state index in [0.717, 1.165) is 35.7 Å². The van der Waals surface area contributed by atoms with Gasteiger partial charge in [-0.05, 0) is 48.8 Å². The van der Waals surface area contributed by atoms with Crippen LogP contribution in [0.5, 0.6) is 5.75 Å². The van der Waals surface area contributed by atoms with Crippen molar-refractivity contribution in [1.29, 1.82) is 0 Å².